The van der Waals surface area contributed by atoms with E-state index in [-0.39, 0.29) is 6.04 Å². The van der Waals surface area contributed by atoms with Crippen LogP contribution in [-0.4, -0.2) is 12.4 Å². The Balaban J connectivity index is 1.69. The summed E-state index contributed by atoms with van der Waals surface area (Å²) in [6, 6.07) is 14.9. The zero-order valence-electron chi connectivity index (χ0n) is 12.5. The Morgan fingerprint density at radius 3 is 2.86 bits per heavy atom. The second-order valence-electron chi connectivity index (χ2n) is 5.67. The lowest BCUT2D eigenvalue weighted by molar-refractivity contribution is 0.296. The fraction of sp³-hybridized carbons (Fsp3) is 0.333. The molecular formula is C18H21NOS. The van der Waals surface area contributed by atoms with Crippen LogP contribution in [0.3, 0.4) is 0 Å². The van der Waals surface area contributed by atoms with E-state index in [1.807, 2.05) is 24.8 Å². The Bertz CT molecular complexity index is 639. The highest BCUT2D eigenvalue weighted by Gasteiger charge is 2.23. The van der Waals surface area contributed by atoms with Crippen LogP contribution in [0.5, 0.6) is 5.75 Å². The van der Waals surface area contributed by atoms with Crippen molar-refractivity contribution in [1.29, 1.82) is 0 Å². The highest BCUT2D eigenvalue weighted by Crippen LogP contribution is 2.39. The molecule has 0 aliphatic carbocycles. The lowest BCUT2D eigenvalue weighted by Crippen LogP contribution is -2.11. The van der Waals surface area contributed by atoms with Crippen molar-refractivity contribution in [3.05, 3.63) is 59.2 Å². The Kier molecular flexibility index (Phi) is 4.22. The van der Waals surface area contributed by atoms with E-state index in [1.54, 1.807) is 0 Å². The van der Waals surface area contributed by atoms with Gasteiger partial charge in [0, 0.05) is 22.6 Å². The molecule has 2 aromatic rings. The molecule has 2 atom stereocenters. The summed E-state index contributed by atoms with van der Waals surface area (Å²) >= 11 is 1.93. The fourth-order valence-corrected chi connectivity index (χ4v) is 3.91. The Morgan fingerprint density at radius 2 is 2.10 bits per heavy atom. The van der Waals surface area contributed by atoms with E-state index >= 15 is 0 Å². The van der Waals surface area contributed by atoms with Crippen LogP contribution in [0.2, 0.25) is 0 Å². The first-order valence-electron chi connectivity index (χ1n) is 7.36. The molecule has 110 valence electrons. The number of hydrogen-bond donors (Lipinski definition) is 1. The zero-order valence-corrected chi connectivity index (χ0v) is 13.3. The van der Waals surface area contributed by atoms with Gasteiger partial charge in [-0.1, -0.05) is 30.3 Å². The smallest absolute Gasteiger partial charge is 0.122 e. The molecule has 0 aromatic heterocycles. The van der Waals surface area contributed by atoms with E-state index in [0.29, 0.717) is 5.92 Å². The molecule has 3 heteroatoms. The molecule has 2 N–H and O–H groups in total. The van der Waals surface area contributed by atoms with Gasteiger partial charge in [0.15, 0.2) is 0 Å². The molecule has 1 aliphatic heterocycles. The molecule has 1 heterocycles. The highest BCUT2D eigenvalue weighted by molar-refractivity contribution is 7.99. The molecule has 0 amide bonds. The van der Waals surface area contributed by atoms with Gasteiger partial charge in [0.25, 0.3) is 0 Å². The van der Waals surface area contributed by atoms with Crippen LogP contribution < -0.4 is 10.5 Å². The Hall–Kier alpha value is -1.45. The first kappa shape index (κ1) is 14.5. The number of rotatable bonds is 4. The zero-order chi connectivity index (χ0) is 14.8. The second kappa shape index (κ2) is 6.12. The molecule has 0 bridgehead atoms. The third kappa shape index (κ3) is 3.09. The maximum Gasteiger partial charge on any atom is 0.122 e. The summed E-state index contributed by atoms with van der Waals surface area (Å²) in [6.45, 7) is 4.82. The van der Waals surface area contributed by atoms with Crippen LogP contribution >= 0.6 is 11.8 Å². The van der Waals surface area contributed by atoms with Crippen molar-refractivity contribution < 1.29 is 4.74 Å². The molecule has 1 unspecified atom stereocenters. The first-order chi connectivity index (χ1) is 10.1. The maximum atomic E-state index is 6.06. The van der Waals surface area contributed by atoms with Gasteiger partial charge in [-0.3, -0.25) is 0 Å². The minimum absolute atomic E-state index is 0.0656. The standard InChI is InChI=1S/C18H21NOS/c1-12-9-14(13(2)19)7-8-17(12)20-10-15-11-21-18-6-4-3-5-16(15)18/h3-9,13,15H,10-11,19H2,1-2H3/t13-,15?/m0/s1. The predicted molar refractivity (Wildman–Crippen MR) is 89.2 cm³/mol. The Labute approximate surface area is 130 Å². The van der Waals surface area contributed by atoms with Crippen LogP contribution in [0.25, 0.3) is 0 Å². The summed E-state index contributed by atoms with van der Waals surface area (Å²) in [5.74, 6) is 2.56. The van der Waals surface area contributed by atoms with Crippen molar-refractivity contribution in [2.24, 2.45) is 5.73 Å². The quantitative estimate of drug-likeness (QED) is 0.915. The van der Waals surface area contributed by atoms with Gasteiger partial charge < -0.3 is 10.5 Å². The SMILES string of the molecule is Cc1cc([C@H](C)N)ccc1OCC1CSc2ccccc21. The van der Waals surface area contributed by atoms with Gasteiger partial charge in [-0.15, -0.1) is 11.8 Å². The van der Waals surface area contributed by atoms with Gasteiger partial charge in [0.2, 0.25) is 0 Å². The van der Waals surface area contributed by atoms with Crippen molar-refractivity contribution in [2.75, 3.05) is 12.4 Å². The van der Waals surface area contributed by atoms with E-state index < -0.39 is 0 Å². The number of thioether (sulfide) groups is 1. The average molecular weight is 299 g/mol. The highest BCUT2D eigenvalue weighted by atomic mass is 32.2. The molecule has 2 nitrogen and oxygen atoms in total. The first-order valence-corrected chi connectivity index (χ1v) is 8.34. The predicted octanol–water partition coefficient (Wildman–Crippen LogP) is 4.28. The van der Waals surface area contributed by atoms with Crippen LogP contribution in [0.1, 0.15) is 35.6 Å². The summed E-state index contributed by atoms with van der Waals surface area (Å²) in [6.07, 6.45) is 0. The van der Waals surface area contributed by atoms with Gasteiger partial charge in [-0.05, 0) is 42.7 Å². The molecule has 0 saturated heterocycles. The van der Waals surface area contributed by atoms with E-state index in [0.717, 1.165) is 29.2 Å². The minimum atomic E-state index is 0.0656. The summed E-state index contributed by atoms with van der Waals surface area (Å²) in [5.41, 5.74) is 9.65. The van der Waals surface area contributed by atoms with Crippen molar-refractivity contribution in [2.45, 2.75) is 30.7 Å². The summed E-state index contributed by atoms with van der Waals surface area (Å²) in [4.78, 5) is 1.40. The number of nitrogens with two attached hydrogens (primary N) is 1. The monoisotopic (exact) mass is 299 g/mol. The van der Waals surface area contributed by atoms with Crippen molar-refractivity contribution in [3.8, 4) is 5.75 Å². The second-order valence-corrected chi connectivity index (χ2v) is 6.73. The lowest BCUT2D eigenvalue weighted by atomic mass is 10.0. The molecule has 3 rings (SSSR count). The molecule has 21 heavy (non-hydrogen) atoms. The fourth-order valence-electron chi connectivity index (χ4n) is 2.68. The van der Waals surface area contributed by atoms with Gasteiger partial charge in [-0.25, -0.2) is 0 Å². The van der Waals surface area contributed by atoms with Gasteiger partial charge in [0.1, 0.15) is 5.75 Å². The van der Waals surface area contributed by atoms with Crippen LogP contribution in [-0.2, 0) is 0 Å². The minimum Gasteiger partial charge on any atom is -0.493 e. The van der Waals surface area contributed by atoms with Gasteiger partial charge in [0.05, 0.1) is 6.61 Å². The van der Waals surface area contributed by atoms with E-state index in [9.17, 15) is 0 Å². The Morgan fingerprint density at radius 1 is 1.29 bits per heavy atom. The van der Waals surface area contributed by atoms with E-state index in [2.05, 4.69) is 43.3 Å². The van der Waals surface area contributed by atoms with Gasteiger partial charge >= 0.3 is 0 Å². The molecule has 0 spiro atoms. The molecule has 2 aromatic carbocycles. The number of fused-ring (bicyclic) bond motifs is 1. The number of benzene rings is 2. The van der Waals surface area contributed by atoms with E-state index in [4.69, 9.17) is 10.5 Å². The topological polar surface area (TPSA) is 35.2 Å². The molecule has 1 aliphatic rings. The van der Waals surface area contributed by atoms with Crippen molar-refractivity contribution in [1.82, 2.24) is 0 Å². The maximum absolute atomic E-state index is 6.06. The average Bonchev–Trinajstić information content (AvgIpc) is 2.89. The lowest BCUT2D eigenvalue weighted by Gasteiger charge is -2.15. The number of aryl methyl sites for hydroxylation is 1. The molecule has 0 radical (unpaired) electrons. The van der Waals surface area contributed by atoms with Crippen LogP contribution in [0.4, 0.5) is 0 Å². The van der Waals surface area contributed by atoms with Crippen LogP contribution in [0.15, 0.2) is 47.4 Å². The number of hydrogen-bond acceptors (Lipinski definition) is 3. The van der Waals surface area contributed by atoms with Crippen molar-refractivity contribution >= 4 is 11.8 Å². The largest absolute Gasteiger partial charge is 0.493 e. The molecular weight excluding hydrogens is 278 g/mol. The van der Waals surface area contributed by atoms with Crippen molar-refractivity contribution in [3.63, 3.8) is 0 Å². The summed E-state index contributed by atoms with van der Waals surface area (Å²) in [5, 5.41) is 0. The number of ether oxygens (including phenoxy) is 1. The normalized spacial score (nSPS) is 18.3. The van der Waals surface area contributed by atoms with Gasteiger partial charge in [-0.2, -0.15) is 0 Å². The summed E-state index contributed by atoms with van der Waals surface area (Å²) < 4.78 is 6.06. The molecule has 0 saturated carbocycles. The third-order valence-corrected chi connectivity index (χ3v) is 5.22. The van der Waals surface area contributed by atoms with E-state index in [1.165, 1.54) is 10.5 Å². The third-order valence-electron chi connectivity index (χ3n) is 3.96. The summed E-state index contributed by atoms with van der Waals surface area (Å²) in [7, 11) is 0. The van der Waals surface area contributed by atoms with Crippen LogP contribution in [0, 0.1) is 6.92 Å². The molecule has 0 fully saturated rings.